The number of ether oxygens (including phenoxy) is 1. The zero-order valence-corrected chi connectivity index (χ0v) is 18.2. The average molecular weight is 519 g/mol. The van der Waals surface area contributed by atoms with Gasteiger partial charge in [-0.15, -0.1) is 0 Å². The predicted molar refractivity (Wildman–Crippen MR) is 110 cm³/mol. The molecular weight excluding hydrogens is 504 g/mol. The maximum atomic E-state index is 13.9. The molecule has 0 aromatic heterocycles. The smallest absolute Gasteiger partial charge is 0.382 e. The van der Waals surface area contributed by atoms with Gasteiger partial charge in [-0.2, -0.15) is 35.1 Å². The molecule has 0 spiro atoms. The highest BCUT2D eigenvalue weighted by molar-refractivity contribution is 7.97. The minimum Gasteiger partial charge on any atom is -0.445 e. The number of carbonyl (C=O) groups is 1. The fourth-order valence-corrected chi connectivity index (χ4v) is 5.70. The van der Waals surface area contributed by atoms with E-state index in [2.05, 4.69) is 4.74 Å². The summed E-state index contributed by atoms with van der Waals surface area (Å²) in [7, 11) is -0.845. The van der Waals surface area contributed by atoms with Gasteiger partial charge in [-0.3, -0.25) is 0 Å². The van der Waals surface area contributed by atoms with E-state index < -0.39 is 52.2 Å². The van der Waals surface area contributed by atoms with Gasteiger partial charge in [0.15, 0.2) is 14.7 Å². The van der Waals surface area contributed by atoms with E-state index in [4.69, 9.17) is 0 Å². The molecule has 2 nitrogen and oxygen atoms in total. The van der Waals surface area contributed by atoms with Gasteiger partial charge in [0.25, 0.3) is 0 Å². The fourth-order valence-electron chi connectivity index (χ4n) is 3.57. The molecule has 0 unspecified atom stereocenters. The van der Waals surface area contributed by atoms with Crippen LogP contribution in [0, 0.1) is 0 Å². The maximum absolute atomic E-state index is 13.9. The monoisotopic (exact) mass is 519 g/mol. The number of esters is 1. The molecule has 11 heteroatoms. The molecule has 1 fully saturated rings. The van der Waals surface area contributed by atoms with Crippen molar-refractivity contribution >= 4 is 16.9 Å². The Kier molecular flexibility index (Phi) is 6.11. The lowest BCUT2D eigenvalue weighted by Gasteiger charge is -2.23. The zero-order chi connectivity index (χ0) is 25.6. The number of halogens is 8. The van der Waals surface area contributed by atoms with E-state index in [0.29, 0.717) is 4.90 Å². The molecule has 35 heavy (non-hydrogen) atoms. The summed E-state index contributed by atoms with van der Waals surface area (Å²) in [5.74, 6) is -26.7. The first kappa shape index (κ1) is 25.0. The van der Waals surface area contributed by atoms with Crippen LogP contribution >= 0.6 is 0 Å². The summed E-state index contributed by atoms with van der Waals surface area (Å²) in [5, 5.41) is 0. The fraction of sp³-hybridized carbons (Fsp3) is 0.208. The van der Waals surface area contributed by atoms with Gasteiger partial charge in [-0.05, 0) is 36.4 Å². The summed E-state index contributed by atoms with van der Waals surface area (Å²) >= 11 is 0. The summed E-state index contributed by atoms with van der Waals surface area (Å²) in [6, 6.07) is 22.9. The van der Waals surface area contributed by atoms with Crippen molar-refractivity contribution in [3.05, 3.63) is 90.5 Å². The molecule has 4 rings (SSSR count). The van der Waals surface area contributed by atoms with Gasteiger partial charge in [0.1, 0.15) is 0 Å². The molecule has 1 aliphatic rings. The third-order valence-electron chi connectivity index (χ3n) is 5.38. The number of benzene rings is 3. The van der Waals surface area contributed by atoms with Crippen molar-refractivity contribution in [3.8, 4) is 0 Å². The molecule has 0 radical (unpaired) electrons. The van der Waals surface area contributed by atoms with Crippen LogP contribution in [0.4, 0.5) is 35.1 Å². The summed E-state index contributed by atoms with van der Waals surface area (Å²) in [5.41, 5.74) is -0.544. The lowest BCUT2D eigenvalue weighted by molar-refractivity contribution is -0.303. The van der Waals surface area contributed by atoms with E-state index in [1.54, 1.807) is 66.7 Å². The summed E-state index contributed by atoms with van der Waals surface area (Å²) in [6.07, 6.45) is -4.36. The first-order valence-corrected chi connectivity index (χ1v) is 11.2. The Balaban J connectivity index is 1.70. The first-order chi connectivity index (χ1) is 16.3. The van der Waals surface area contributed by atoms with E-state index in [9.17, 15) is 39.9 Å². The molecule has 3 aromatic carbocycles. The van der Waals surface area contributed by atoms with Crippen molar-refractivity contribution in [1.82, 2.24) is 0 Å². The van der Waals surface area contributed by atoms with Crippen molar-refractivity contribution in [2.24, 2.45) is 0 Å². The molecule has 1 aliphatic carbocycles. The molecule has 0 heterocycles. The molecular formula is C24H15F8O2S+. The van der Waals surface area contributed by atoms with Crippen molar-refractivity contribution in [1.29, 1.82) is 0 Å². The largest absolute Gasteiger partial charge is 0.445 e. The SMILES string of the molecule is O=C(OC1C(F)(F)C(F)(F)C(F)(F)C1(F)F)c1cccc([S+](c2ccccc2)c2ccccc2)c1. The van der Waals surface area contributed by atoms with Crippen molar-refractivity contribution in [2.45, 2.75) is 44.5 Å². The van der Waals surface area contributed by atoms with Gasteiger partial charge in [-0.25, -0.2) is 4.79 Å². The van der Waals surface area contributed by atoms with Crippen LogP contribution in [0.15, 0.2) is 99.6 Å². The highest BCUT2D eigenvalue weighted by Crippen LogP contribution is 2.64. The summed E-state index contributed by atoms with van der Waals surface area (Å²) < 4.78 is 114. The Morgan fingerprint density at radius 2 is 1.06 bits per heavy atom. The Hall–Kier alpha value is -3.08. The second-order valence-corrected chi connectivity index (χ2v) is 9.67. The average Bonchev–Trinajstić information content (AvgIpc) is 2.89. The summed E-state index contributed by atoms with van der Waals surface area (Å²) in [4.78, 5) is 14.5. The van der Waals surface area contributed by atoms with Gasteiger partial charge in [0, 0.05) is 6.07 Å². The van der Waals surface area contributed by atoms with E-state index in [-0.39, 0.29) is 0 Å². The Morgan fingerprint density at radius 3 is 1.51 bits per heavy atom. The molecule has 1 saturated carbocycles. The number of hydrogen-bond acceptors (Lipinski definition) is 2. The van der Waals surface area contributed by atoms with E-state index in [0.717, 1.165) is 21.9 Å². The van der Waals surface area contributed by atoms with Crippen LogP contribution in [0.25, 0.3) is 0 Å². The minimum absolute atomic E-state index is 0.442. The number of rotatable bonds is 5. The molecule has 0 N–H and O–H groups in total. The second kappa shape index (κ2) is 8.54. The van der Waals surface area contributed by atoms with Crippen LogP contribution in [0.3, 0.4) is 0 Å². The Morgan fingerprint density at radius 1 is 0.629 bits per heavy atom. The van der Waals surface area contributed by atoms with Crippen LogP contribution in [0.2, 0.25) is 0 Å². The summed E-state index contributed by atoms with van der Waals surface area (Å²) in [6.45, 7) is 0. The topological polar surface area (TPSA) is 26.3 Å². The first-order valence-electron chi connectivity index (χ1n) is 9.99. The predicted octanol–water partition coefficient (Wildman–Crippen LogP) is 6.86. The van der Waals surface area contributed by atoms with Gasteiger partial charge in [0.2, 0.25) is 6.10 Å². The third-order valence-corrected chi connectivity index (χ3v) is 7.59. The molecule has 0 aliphatic heterocycles. The standard InChI is InChI=1S/C24H15F8O2S/c25-21(26)20(22(27,28)24(31,32)23(21,29)30)34-19(33)15-8-7-13-18(14-15)35(16-9-3-1-4-10-16)17-11-5-2-6-12-17/h1-14,20H/q+1. The molecule has 0 atom stereocenters. The Bertz CT molecular complexity index is 1150. The van der Waals surface area contributed by atoms with Crippen LogP contribution < -0.4 is 0 Å². The highest BCUT2D eigenvalue weighted by atomic mass is 32.2. The molecule has 184 valence electrons. The van der Waals surface area contributed by atoms with E-state index >= 15 is 0 Å². The van der Waals surface area contributed by atoms with Crippen LogP contribution in [-0.2, 0) is 15.6 Å². The molecule has 0 bridgehead atoms. The van der Waals surface area contributed by atoms with Crippen molar-refractivity contribution in [2.75, 3.05) is 0 Å². The van der Waals surface area contributed by atoms with E-state index in [1.165, 1.54) is 6.07 Å². The lowest BCUT2D eigenvalue weighted by atomic mass is 10.2. The molecule has 0 amide bonds. The molecule has 0 saturated heterocycles. The van der Waals surface area contributed by atoms with Crippen LogP contribution in [0.5, 0.6) is 0 Å². The van der Waals surface area contributed by atoms with E-state index in [1.807, 2.05) is 0 Å². The number of hydrogen-bond donors (Lipinski definition) is 0. The van der Waals surface area contributed by atoms with Gasteiger partial charge >= 0.3 is 29.7 Å². The highest BCUT2D eigenvalue weighted by Gasteiger charge is 2.95. The van der Waals surface area contributed by atoms with Gasteiger partial charge < -0.3 is 4.74 Å². The second-order valence-electron chi connectivity index (χ2n) is 7.64. The maximum Gasteiger partial charge on any atom is 0.382 e. The van der Waals surface area contributed by atoms with Crippen LogP contribution in [0.1, 0.15) is 10.4 Å². The van der Waals surface area contributed by atoms with Crippen molar-refractivity contribution in [3.63, 3.8) is 0 Å². The van der Waals surface area contributed by atoms with Gasteiger partial charge in [-0.1, -0.05) is 42.5 Å². The number of alkyl halides is 8. The third kappa shape index (κ3) is 3.85. The normalized spacial score (nSPS) is 20.0. The molecule has 3 aromatic rings. The minimum atomic E-state index is -6.43. The van der Waals surface area contributed by atoms with Gasteiger partial charge in [0.05, 0.1) is 16.5 Å². The number of carbonyl (C=O) groups excluding carboxylic acids is 1. The Labute approximate surface area is 196 Å². The van der Waals surface area contributed by atoms with Crippen molar-refractivity contribution < 1.29 is 44.7 Å². The zero-order valence-electron chi connectivity index (χ0n) is 17.4. The quantitative estimate of drug-likeness (QED) is 0.209. The van der Waals surface area contributed by atoms with Crippen LogP contribution in [-0.4, -0.2) is 35.8 Å². The lowest BCUT2D eigenvalue weighted by Crippen LogP contribution is -2.51.